The van der Waals surface area contributed by atoms with Crippen LogP contribution in [0.25, 0.3) is 0 Å². The molecule has 0 aliphatic heterocycles. The van der Waals surface area contributed by atoms with Crippen LogP contribution in [-0.4, -0.2) is 36.1 Å². The van der Waals surface area contributed by atoms with Crippen LogP contribution in [0.5, 0.6) is 0 Å². The first-order chi connectivity index (χ1) is 5.72. The molecule has 0 saturated heterocycles. The van der Waals surface area contributed by atoms with Gasteiger partial charge in [-0.25, -0.2) is 0 Å². The van der Waals surface area contributed by atoms with Crippen molar-refractivity contribution in [2.75, 3.05) is 20.1 Å². The molecule has 0 heterocycles. The normalized spacial score (nSPS) is 7.92. The molecule has 0 aliphatic rings. The van der Waals surface area contributed by atoms with Crippen molar-refractivity contribution < 1.29 is 18.4 Å². The van der Waals surface area contributed by atoms with E-state index in [1.165, 1.54) is 0 Å². The molecule has 0 radical (unpaired) electrons. The Morgan fingerprint density at radius 3 is 2.17 bits per heavy atom. The van der Waals surface area contributed by atoms with Crippen LogP contribution < -0.4 is 0 Å². The molecule has 0 atom stereocenters. The second-order valence-corrected chi connectivity index (χ2v) is 3.14. The molecule has 0 saturated carbocycles. The monoisotopic (exact) mass is 212 g/mol. The van der Waals surface area contributed by atoms with Crippen molar-refractivity contribution in [3.05, 3.63) is 12.8 Å². The molecule has 0 aromatic carbocycles. The average Bonchev–Trinajstić information content (AvgIpc) is 2.07. The minimum absolute atomic E-state index is 0.119. The summed E-state index contributed by atoms with van der Waals surface area (Å²) in [4.78, 5) is 9.99. The Morgan fingerprint density at radius 1 is 1.58 bits per heavy atom. The summed E-state index contributed by atoms with van der Waals surface area (Å²) in [6.07, 6.45) is 1.05. The van der Waals surface area contributed by atoms with Gasteiger partial charge in [0.2, 0.25) is 0 Å². The van der Waals surface area contributed by atoms with E-state index in [2.05, 4.69) is 20.2 Å². The van der Waals surface area contributed by atoms with Gasteiger partial charge in [0.15, 0.2) is 0 Å². The molecule has 0 aliphatic carbocycles. The Hall–Kier alpha value is -0.363. The molecule has 0 aromatic heterocycles. The number of alkyl halides is 1. The lowest BCUT2D eigenvalue weighted by molar-refractivity contribution is -0.135. The molecule has 0 unspecified atom stereocenters. The Bertz CT molecular complexity index is 118. The highest BCUT2D eigenvalue weighted by molar-refractivity contribution is 6.26. The van der Waals surface area contributed by atoms with Crippen LogP contribution in [0.2, 0.25) is 0 Å². The Morgan fingerprint density at radius 2 is 2.08 bits per heavy atom. The van der Waals surface area contributed by atoms with Crippen molar-refractivity contribution in [1.82, 2.24) is 0 Å². The van der Waals surface area contributed by atoms with Crippen molar-refractivity contribution in [2.24, 2.45) is 0 Å². The molecule has 12 heavy (non-hydrogen) atoms. The summed E-state index contributed by atoms with van der Waals surface area (Å²) < 4.78 is 13.4. The van der Waals surface area contributed by atoms with Crippen LogP contribution in [0.15, 0.2) is 12.8 Å². The van der Waals surface area contributed by atoms with Gasteiger partial charge in [-0.2, -0.15) is 0 Å². The summed E-state index contributed by atoms with van der Waals surface area (Å²) in [6.45, 7) is 3.15. The number of esters is 1. The molecule has 0 bridgehead atoms. The van der Waals surface area contributed by atoms with E-state index in [1.54, 1.807) is 14.2 Å². The average molecular weight is 213 g/mol. The number of carbonyl (C=O) groups excluding carboxylic acids is 1. The first-order valence-electron chi connectivity index (χ1n) is 3.07. The first kappa shape index (κ1) is 14.2. The zero-order chi connectivity index (χ0) is 9.82. The van der Waals surface area contributed by atoms with Gasteiger partial charge in [0.25, 0.3) is 0 Å². The summed E-state index contributed by atoms with van der Waals surface area (Å²) in [6, 6.07) is 0. The van der Waals surface area contributed by atoms with E-state index >= 15 is 0 Å². The van der Waals surface area contributed by atoms with Gasteiger partial charge in [0.1, 0.15) is 5.88 Å². The van der Waals surface area contributed by atoms with Crippen molar-refractivity contribution in [2.45, 2.75) is 0 Å². The maximum absolute atomic E-state index is 9.99. The number of halogens is 1. The molecule has 0 aromatic rings. The minimum atomic E-state index is -0.568. The van der Waals surface area contributed by atoms with E-state index in [9.17, 15) is 4.79 Å². The Kier molecular flexibility index (Phi) is 15.6. The molecule has 0 fully saturated rings. The topological polar surface area (TPSA) is 44.8 Å². The van der Waals surface area contributed by atoms with Gasteiger partial charge in [-0.1, -0.05) is 6.58 Å². The largest absolute Gasteiger partial charge is 0.434 e. The lowest BCUT2D eigenvalue weighted by atomic mass is 10.8. The quantitative estimate of drug-likeness (QED) is 0.289. The molecule has 0 amide bonds. The van der Waals surface area contributed by atoms with Crippen LogP contribution in [-0.2, 0) is 18.4 Å². The Balaban J connectivity index is 0. The van der Waals surface area contributed by atoms with Gasteiger partial charge in [0, 0.05) is 14.2 Å². The van der Waals surface area contributed by atoms with Gasteiger partial charge in [-0.15, -0.1) is 11.6 Å². The molecular weight excluding hydrogens is 200 g/mol. The van der Waals surface area contributed by atoms with Gasteiger partial charge < -0.3 is 13.6 Å². The molecule has 72 valence electrons. The van der Waals surface area contributed by atoms with Gasteiger partial charge in [-0.3, -0.25) is 4.79 Å². The molecule has 6 heteroatoms. The second kappa shape index (κ2) is 13.2. The molecular formula is C6H13ClO4Si. The lowest BCUT2D eigenvalue weighted by Crippen LogP contribution is -1.98. The van der Waals surface area contributed by atoms with E-state index in [4.69, 9.17) is 11.6 Å². The third-order valence-corrected chi connectivity index (χ3v) is 1.25. The zero-order valence-electron chi connectivity index (χ0n) is 7.21. The van der Waals surface area contributed by atoms with Crippen LogP contribution in [0.1, 0.15) is 0 Å². The smallest absolute Gasteiger partial charge is 0.325 e. The van der Waals surface area contributed by atoms with Gasteiger partial charge in [0.05, 0.1) is 6.26 Å². The highest BCUT2D eigenvalue weighted by Gasteiger charge is 1.91. The number of ether oxygens (including phenoxy) is 1. The van der Waals surface area contributed by atoms with E-state index in [-0.39, 0.29) is 5.88 Å². The van der Waals surface area contributed by atoms with Crippen molar-refractivity contribution in [3.8, 4) is 0 Å². The molecule has 0 spiro atoms. The summed E-state index contributed by atoms with van der Waals surface area (Å²) in [5.74, 6) is -0.594. The van der Waals surface area contributed by atoms with Crippen molar-refractivity contribution in [3.63, 3.8) is 0 Å². The standard InChI is InChI=1S/C4H5ClO2.C2H8O2Si/c1-2-7-4(6)3-5;1-3-5-4-2/h2H,1,3H2;5H2,1-2H3. The predicted octanol–water partition coefficient (Wildman–Crippen LogP) is 0.190. The maximum atomic E-state index is 9.99. The Labute approximate surface area is 79.5 Å². The second-order valence-electron chi connectivity index (χ2n) is 1.49. The van der Waals surface area contributed by atoms with E-state index in [0.29, 0.717) is 0 Å². The summed E-state index contributed by atoms with van der Waals surface area (Å²) in [7, 11) is 2.73. The number of hydrogen-bond acceptors (Lipinski definition) is 4. The summed E-state index contributed by atoms with van der Waals surface area (Å²) >= 11 is 5.01. The summed E-state index contributed by atoms with van der Waals surface area (Å²) in [5, 5.41) is 0. The molecule has 0 rings (SSSR count). The minimum Gasteiger partial charge on any atom is -0.434 e. The fraction of sp³-hybridized carbons (Fsp3) is 0.500. The molecule has 4 nitrogen and oxygen atoms in total. The molecule has 0 N–H and O–H groups in total. The van der Waals surface area contributed by atoms with Crippen LogP contribution in [0, 0.1) is 0 Å². The predicted molar refractivity (Wildman–Crippen MR) is 49.6 cm³/mol. The van der Waals surface area contributed by atoms with Crippen molar-refractivity contribution >= 4 is 27.6 Å². The van der Waals surface area contributed by atoms with Crippen molar-refractivity contribution in [1.29, 1.82) is 0 Å². The first-order valence-corrected chi connectivity index (χ1v) is 4.76. The van der Waals surface area contributed by atoms with Gasteiger partial charge in [-0.05, 0) is 0 Å². The van der Waals surface area contributed by atoms with E-state index in [1.807, 2.05) is 0 Å². The third-order valence-electron chi connectivity index (χ3n) is 0.560. The third kappa shape index (κ3) is 16.3. The zero-order valence-corrected chi connectivity index (χ0v) is 9.38. The van der Waals surface area contributed by atoms with Crippen LogP contribution in [0.3, 0.4) is 0 Å². The highest BCUT2D eigenvalue weighted by Crippen LogP contribution is 1.80. The number of hydrogen-bond donors (Lipinski definition) is 0. The van der Waals surface area contributed by atoms with E-state index in [0.717, 1.165) is 6.26 Å². The van der Waals surface area contributed by atoms with Crippen LogP contribution >= 0.6 is 11.6 Å². The SMILES string of the molecule is C=COC(=O)CCl.CO[SiH2]OC. The number of rotatable bonds is 4. The van der Waals surface area contributed by atoms with Crippen LogP contribution in [0.4, 0.5) is 0 Å². The fourth-order valence-electron chi connectivity index (χ4n) is 0.242. The summed E-state index contributed by atoms with van der Waals surface area (Å²) in [5.41, 5.74) is 0. The van der Waals surface area contributed by atoms with E-state index < -0.39 is 16.0 Å². The lowest BCUT2D eigenvalue weighted by Gasteiger charge is -1.87. The highest BCUT2D eigenvalue weighted by atomic mass is 35.5. The number of carbonyl (C=O) groups is 1. The van der Waals surface area contributed by atoms with Gasteiger partial charge >= 0.3 is 16.0 Å². The maximum Gasteiger partial charge on any atom is 0.325 e. The fourth-order valence-corrected chi connectivity index (χ4v) is 0.541.